The van der Waals surface area contributed by atoms with Crippen molar-refractivity contribution in [2.45, 2.75) is 18.2 Å². The molecule has 0 rings (SSSR count). The molecule has 1 nitrogen and oxygen atoms in total. The number of hydrogen-bond acceptors (Lipinski definition) is 1. The summed E-state index contributed by atoms with van der Waals surface area (Å²) >= 11 is 8.96. The fourth-order valence-corrected chi connectivity index (χ4v) is 0.962. The van der Waals surface area contributed by atoms with E-state index < -0.39 is 0 Å². The Labute approximate surface area is 69.4 Å². The van der Waals surface area contributed by atoms with E-state index in [1.807, 2.05) is 13.8 Å². The number of halogens is 2. The highest BCUT2D eigenvalue weighted by Crippen LogP contribution is 2.25. The van der Waals surface area contributed by atoms with E-state index >= 15 is 0 Å². The second-order valence-corrected chi connectivity index (χ2v) is 4.37. The predicted molar refractivity (Wildman–Crippen MR) is 46.0 cm³/mol. The average molecular weight is 213 g/mol. The van der Waals surface area contributed by atoms with Gasteiger partial charge >= 0.3 is 0 Å². The molecule has 0 aliphatic rings. The minimum Gasteiger partial charge on any atom is -0.312 e. The molecule has 0 radical (unpaired) electrons. The fourth-order valence-electron chi connectivity index (χ4n) is 0.293. The molecule has 0 aliphatic heterocycles. The van der Waals surface area contributed by atoms with Gasteiger partial charge in [-0.1, -0.05) is 22.9 Å². The SMILES string of the molecule is CC(CCl)C(C)(Br)C=N. The molecule has 0 aliphatic carbocycles. The Bertz CT molecular complexity index is 103. The summed E-state index contributed by atoms with van der Waals surface area (Å²) in [6, 6.07) is 0. The number of nitrogens with one attached hydrogen (secondary N) is 1. The molecule has 9 heavy (non-hydrogen) atoms. The molecule has 0 spiro atoms. The summed E-state index contributed by atoms with van der Waals surface area (Å²) in [6.45, 7) is 3.94. The molecule has 0 saturated carbocycles. The van der Waals surface area contributed by atoms with Crippen molar-refractivity contribution in [3.63, 3.8) is 0 Å². The van der Waals surface area contributed by atoms with Gasteiger partial charge in [0, 0.05) is 12.1 Å². The van der Waals surface area contributed by atoms with Crippen LogP contribution in [-0.2, 0) is 0 Å². The molecule has 0 heterocycles. The third-order valence-corrected chi connectivity index (χ3v) is 2.95. The van der Waals surface area contributed by atoms with Gasteiger partial charge in [0.2, 0.25) is 0 Å². The van der Waals surface area contributed by atoms with E-state index in [0.717, 1.165) is 0 Å². The average Bonchev–Trinajstić information content (AvgIpc) is 1.86. The van der Waals surface area contributed by atoms with Crippen LogP contribution in [0.15, 0.2) is 0 Å². The first-order valence-electron chi connectivity index (χ1n) is 2.81. The number of rotatable bonds is 3. The lowest BCUT2D eigenvalue weighted by molar-refractivity contribution is 0.596. The van der Waals surface area contributed by atoms with Crippen LogP contribution in [0.5, 0.6) is 0 Å². The van der Waals surface area contributed by atoms with Crippen molar-refractivity contribution in [3.8, 4) is 0 Å². The molecule has 0 saturated heterocycles. The standard InChI is InChI=1S/C6H11BrClN/c1-5(3-8)6(2,7)4-9/h4-5,9H,3H2,1-2H3. The van der Waals surface area contributed by atoms with Gasteiger partial charge in [0.1, 0.15) is 0 Å². The van der Waals surface area contributed by atoms with Crippen LogP contribution in [0.1, 0.15) is 13.8 Å². The molecule has 1 N–H and O–H groups in total. The summed E-state index contributed by atoms with van der Waals surface area (Å²) in [6.07, 6.45) is 1.38. The van der Waals surface area contributed by atoms with Crippen LogP contribution < -0.4 is 0 Å². The summed E-state index contributed by atoms with van der Waals surface area (Å²) in [5, 5.41) is 7.01. The predicted octanol–water partition coefficient (Wildman–Crippen LogP) is 2.66. The van der Waals surface area contributed by atoms with Gasteiger partial charge in [-0.05, 0) is 12.8 Å². The van der Waals surface area contributed by atoms with Crippen molar-refractivity contribution in [2.75, 3.05) is 5.88 Å². The van der Waals surface area contributed by atoms with Crippen molar-refractivity contribution in [1.29, 1.82) is 5.41 Å². The maximum atomic E-state index is 7.01. The zero-order chi connectivity index (χ0) is 7.49. The Kier molecular flexibility index (Phi) is 3.74. The van der Waals surface area contributed by atoms with E-state index in [1.54, 1.807) is 0 Å². The van der Waals surface area contributed by atoms with E-state index in [-0.39, 0.29) is 4.32 Å². The molecular weight excluding hydrogens is 201 g/mol. The molecule has 0 aromatic carbocycles. The molecule has 2 atom stereocenters. The lowest BCUT2D eigenvalue weighted by atomic mass is 9.99. The van der Waals surface area contributed by atoms with Gasteiger partial charge in [0.05, 0.1) is 4.32 Å². The first-order valence-corrected chi connectivity index (χ1v) is 4.14. The van der Waals surface area contributed by atoms with Crippen LogP contribution >= 0.6 is 27.5 Å². The fraction of sp³-hybridized carbons (Fsp3) is 0.833. The Morgan fingerprint density at radius 2 is 2.33 bits per heavy atom. The molecule has 0 bridgehead atoms. The van der Waals surface area contributed by atoms with Crippen molar-refractivity contribution in [2.24, 2.45) is 5.92 Å². The van der Waals surface area contributed by atoms with Gasteiger partial charge in [-0.3, -0.25) is 0 Å². The van der Waals surface area contributed by atoms with E-state index in [2.05, 4.69) is 15.9 Å². The molecule has 0 aromatic heterocycles. The lowest BCUT2D eigenvalue weighted by Gasteiger charge is -2.22. The monoisotopic (exact) mass is 211 g/mol. The second-order valence-electron chi connectivity index (χ2n) is 2.35. The van der Waals surface area contributed by atoms with E-state index in [4.69, 9.17) is 17.0 Å². The third-order valence-electron chi connectivity index (χ3n) is 1.48. The quantitative estimate of drug-likeness (QED) is 0.549. The Balaban J connectivity index is 3.95. The maximum absolute atomic E-state index is 7.01. The summed E-state index contributed by atoms with van der Waals surface area (Å²) in [4.78, 5) is 0. The Hall–Kier alpha value is 0.440. The smallest absolute Gasteiger partial charge is 0.0610 e. The Morgan fingerprint density at radius 1 is 1.89 bits per heavy atom. The largest absolute Gasteiger partial charge is 0.312 e. The molecule has 3 heteroatoms. The first-order chi connectivity index (χ1) is 4.04. The normalized spacial score (nSPS) is 20.4. The summed E-state index contributed by atoms with van der Waals surface area (Å²) in [5.41, 5.74) is 0. The van der Waals surface area contributed by atoms with Crippen LogP contribution in [0.3, 0.4) is 0 Å². The summed E-state index contributed by atoms with van der Waals surface area (Å²) < 4.78 is -0.227. The van der Waals surface area contributed by atoms with Gasteiger partial charge in [-0.25, -0.2) is 0 Å². The maximum Gasteiger partial charge on any atom is 0.0610 e. The number of hydrogen-bond donors (Lipinski definition) is 1. The van der Waals surface area contributed by atoms with Gasteiger partial charge in [-0.15, -0.1) is 11.6 Å². The summed E-state index contributed by atoms with van der Waals surface area (Å²) in [7, 11) is 0. The van der Waals surface area contributed by atoms with Gasteiger partial charge in [0.25, 0.3) is 0 Å². The molecule has 0 amide bonds. The van der Waals surface area contributed by atoms with Crippen molar-refractivity contribution < 1.29 is 0 Å². The Morgan fingerprint density at radius 3 is 2.44 bits per heavy atom. The molecule has 0 aromatic rings. The van der Waals surface area contributed by atoms with Crippen LogP contribution in [0.4, 0.5) is 0 Å². The van der Waals surface area contributed by atoms with Crippen molar-refractivity contribution >= 4 is 33.7 Å². The topological polar surface area (TPSA) is 23.9 Å². The van der Waals surface area contributed by atoms with Crippen LogP contribution in [0.25, 0.3) is 0 Å². The summed E-state index contributed by atoms with van der Waals surface area (Å²) in [5.74, 6) is 0.883. The zero-order valence-corrected chi connectivity index (χ0v) is 7.96. The van der Waals surface area contributed by atoms with Crippen LogP contribution in [0.2, 0.25) is 0 Å². The highest BCUT2D eigenvalue weighted by atomic mass is 79.9. The molecule has 2 unspecified atom stereocenters. The minimum absolute atomic E-state index is 0.227. The highest BCUT2D eigenvalue weighted by molar-refractivity contribution is 9.10. The first kappa shape index (κ1) is 9.44. The second kappa shape index (κ2) is 3.57. The van der Waals surface area contributed by atoms with Crippen molar-refractivity contribution in [1.82, 2.24) is 0 Å². The zero-order valence-electron chi connectivity index (χ0n) is 5.62. The highest BCUT2D eigenvalue weighted by Gasteiger charge is 2.24. The number of alkyl halides is 2. The van der Waals surface area contributed by atoms with Crippen LogP contribution in [0, 0.1) is 11.3 Å². The van der Waals surface area contributed by atoms with E-state index in [9.17, 15) is 0 Å². The lowest BCUT2D eigenvalue weighted by Crippen LogP contribution is -2.27. The molecule has 54 valence electrons. The van der Waals surface area contributed by atoms with E-state index in [0.29, 0.717) is 11.8 Å². The van der Waals surface area contributed by atoms with Gasteiger partial charge < -0.3 is 5.41 Å². The molecule has 0 fully saturated rings. The van der Waals surface area contributed by atoms with Crippen molar-refractivity contribution in [3.05, 3.63) is 0 Å². The van der Waals surface area contributed by atoms with E-state index in [1.165, 1.54) is 6.21 Å². The van der Waals surface area contributed by atoms with Crippen LogP contribution in [-0.4, -0.2) is 16.4 Å². The molecular formula is C6H11BrClN. The minimum atomic E-state index is -0.227. The van der Waals surface area contributed by atoms with Gasteiger partial charge in [0.15, 0.2) is 0 Å². The third kappa shape index (κ3) is 2.67. The van der Waals surface area contributed by atoms with Gasteiger partial charge in [-0.2, -0.15) is 0 Å².